The SMILES string of the molecule is COC(OC)C(O)C[N+](=O)[O-]. The second-order valence-electron chi connectivity index (χ2n) is 1.92. The minimum absolute atomic E-state index is 0.577. The molecule has 0 aromatic heterocycles. The maximum Gasteiger partial charge on any atom is 0.234 e. The van der Waals surface area contributed by atoms with Crippen molar-refractivity contribution >= 4 is 0 Å². The van der Waals surface area contributed by atoms with E-state index in [9.17, 15) is 10.1 Å². The van der Waals surface area contributed by atoms with Crippen molar-refractivity contribution in [2.75, 3.05) is 20.8 Å². The lowest BCUT2D eigenvalue weighted by Crippen LogP contribution is -2.35. The van der Waals surface area contributed by atoms with Gasteiger partial charge in [-0.3, -0.25) is 10.1 Å². The predicted molar refractivity (Wildman–Crippen MR) is 35.7 cm³/mol. The fraction of sp³-hybridized carbons (Fsp3) is 1.00. The molecule has 1 N–H and O–H groups in total. The van der Waals surface area contributed by atoms with E-state index in [0.29, 0.717) is 0 Å². The van der Waals surface area contributed by atoms with Crippen LogP contribution in [0.5, 0.6) is 0 Å². The molecule has 0 aromatic rings. The molecule has 0 aliphatic rings. The first-order valence-corrected chi connectivity index (χ1v) is 2.97. The van der Waals surface area contributed by atoms with E-state index in [-0.39, 0.29) is 0 Å². The van der Waals surface area contributed by atoms with Gasteiger partial charge in [-0.25, -0.2) is 0 Å². The van der Waals surface area contributed by atoms with Gasteiger partial charge in [0.2, 0.25) is 6.54 Å². The third-order valence-corrected chi connectivity index (χ3v) is 1.11. The molecule has 11 heavy (non-hydrogen) atoms. The summed E-state index contributed by atoms with van der Waals surface area (Å²) in [5.41, 5.74) is 0. The largest absolute Gasteiger partial charge is 0.381 e. The molecule has 6 heteroatoms. The topological polar surface area (TPSA) is 81.8 Å². The van der Waals surface area contributed by atoms with Gasteiger partial charge in [-0.1, -0.05) is 0 Å². The van der Waals surface area contributed by atoms with E-state index in [1.54, 1.807) is 0 Å². The number of hydrogen-bond acceptors (Lipinski definition) is 5. The van der Waals surface area contributed by atoms with E-state index >= 15 is 0 Å². The van der Waals surface area contributed by atoms with Gasteiger partial charge in [0, 0.05) is 19.1 Å². The van der Waals surface area contributed by atoms with Crippen molar-refractivity contribution in [3.8, 4) is 0 Å². The molecule has 0 fully saturated rings. The van der Waals surface area contributed by atoms with Gasteiger partial charge in [-0.05, 0) is 0 Å². The van der Waals surface area contributed by atoms with Crippen LogP contribution in [0, 0.1) is 10.1 Å². The van der Waals surface area contributed by atoms with Crippen LogP contribution in [0.2, 0.25) is 0 Å². The molecule has 0 aliphatic heterocycles. The van der Waals surface area contributed by atoms with Crippen LogP contribution in [0.25, 0.3) is 0 Å². The van der Waals surface area contributed by atoms with Gasteiger partial charge in [0.25, 0.3) is 0 Å². The average Bonchev–Trinajstić information content (AvgIpc) is 1.88. The number of nitro groups is 1. The molecule has 6 nitrogen and oxygen atoms in total. The van der Waals surface area contributed by atoms with E-state index in [4.69, 9.17) is 5.11 Å². The lowest BCUT2D eigenvalue weighted by atomic mass is 10.3. The highest BCUT2D eigenvalue weighted by Gasteiger charge is 2.22. The van der Waals surface area contributed by atoms with Crippen molar-refractivity contribution in [3.63, 3.8) is 0 Å². The number of aliphatic hydroxyl groups excluding tert-OH is 1. The summed E-state index contributed by atoms with van der Waals surface area (Å²) >= 11 is 0. The first-order valence-electron chi connectivity index (χ1n) is 2.97. The molecular formula is C5H11NO5. The summed E-state index contributed by atoms with van der Waals surface area (Å²) in [6.45, 7) is -0.577. The molecule has 0 radical (unpaired) electrons. The van der Waals surface area contributed by atoms with Gasteiger partial charge < -0.3 is 14.6 Å². The van der Waals surface area contributed by atoms with Crippen LogP contribution in [-0.2, 0) is 9.47 Å². The Hall–Kier alpha value is -0.720. The predicted octanol–water partition coefficient (Wildman–Crippen LogP) is -0.757. The maximum atomic E-state index is 9.88. The highest BCUT2D eigenvalue weighted by Crippen LogP contribution is 1.98. The Kier molecular flexibility index (Phi) is 4.67. The summed E-state index contributed by atoms with van der Waals surface area (Å²) in [7, 11) is 2.61. The van der Waals surface area contributed by atoms with Crippen molar-refractivity contribution in [2.24, 2.45) is 0 Å². The molecule has 0 heterocycles. The van der Waals surface area contributed by atoms with Gasteiger partial charge in [0.1, 0.15) is 0 Å². The number of aliphatic hydroxyl groups is 1. The third-order valence-electron chi connectivity index (χ3n) is 1.11. The van der Waals surface area contributed by atoms with Crippen LogP contribution >= 0.6 is 0 Å². The fourth-order valence-electron chi connectivity index (χ4n) is 0.649. The van der Waals surface area contributed by atoms with Gasteiger partial charge in [-0.2, -0.15) is 0 Å². The molecule has 0 saturated carbocycles. The molecule has 0 aliphatic carbocycles. The smallest absolute Gasteiger partial charge is 0.234 e. The summed E-state index contributed by atoms with van der Waals surface area (Å²) < 4.78 is 9.17. The Morgan fingerprint density at radius 3 is 2.27 bits per heavy atom. The molecule has 0 spiro atoms. The second-order valence-corrected chi connectivity index (χ2v) is 1.92. The van der Waals surface area contributed by atoms with Gasteiger partial charge >= 0.3 is 0 Å². The molecule has 1 atom stereocenters. The summed E-state index contributed by atoms with van der Waals surface area (Å²) in [4.78, 5) is 9.25. The summed E-state index contributed by atoms with van der Waals surface area (Å²) in [5.74, 6) is 0. The van der Waals surface area contributed by atoms with Crippen LogP contribution in [0.3, 0.4) is 0 Å². The monoisotopic (exact) mass is 165 g/mol. The van der Waals surface area contributed by atoms with Crippen molar-refractivity contribution in [1.29, 1.82) is 0 Å². The minimum atomic E-state index is -1.22. The average molecular weight is 165 g/mol. The Morgan fingerprint density at radius 2 is 2.00 bits per heavy atom. The van der Waals surface area contributed by atoms with E-state index in [1.165, 1.54) is 14.2 Å². The molecule has 0 saturated heterocycles. The molecule has 0 bridgehead atoms. The van der Waals surface area contributed by atoms with Crippen molar-refractivity contribution in [1.82, 2.24) is 0 Å². The van der Waals surface area contributed by atoms with Crippen LogP contribution in [0.1, 0.15) is 0 Å². The van der Waals surface area contributed by atoms with E-state index in [1.807, 2.05) is 0 Å². The summed E-state index contributed by atoms with van der Waals surface area (Å²) in [5, 5.41) is 18.9. The van der Waals surface area contributed by atoms with E-state index < -0.39 is 23.9 Å². The first-order chi connectivity index (χ1) is 5.11. The van der Waals surface area contributed by atoms with Gasteiger partial charge in [0.05, 0.1) is 0 Å². The van der Waals surface area contributed by atoms with E-state index in [0.717, 1.165) is 0 Å². The molecule has 0 aromatic carbocycles. The highest BCUT2D eigenvalue weighted by molar-refractivity contribution is 4.56. The van der Waals surface area contributed by atoms with Crippen LogP contribution < -0.4 is 0 Å². The fourth-order valence-corrected chi connectivity index (χ4v) is 0.649. The Labute approximate surface area is 63.9 Å². The van der Waals surface area contributed by atoms with E-state index in [2.05, 4.69) is 9.47 Å². The van der Waals surface area contributed by atoms with Gasteiger partial charge in [-0.15, -0.1) is 0 Å². The zero-order valence-electron chi connectivity index (χ0n) is 6.39. The molecule has 66 valence electrons. The quantitative estimate of drug-likeness (QED) is 0.329. The molecule has 1 unspecified atom stereocenters. The van der Waals surface area contributed by atoms with Crippen LogP contribution in [-0.4, -0.2) is 43.2 Å². The Bertz CT molecular complexity index is 124. The molecule has 0 amide bonds. The zero-order chi connectivity index (χ0) is 8.85. The number of hydrogen-bond donors (Lipinski definition) is 1. The van der Waals surface area contributed by atoms with Crippen molar-refractivity contribution in [3.05, 3.63) is 10.1 Å². The summed E-state index contributed by atoms with van der Waals surface area (Å²) in [6.07, 6.45) is -2.15. The number of ether oxygens (including phenoxy) is 2. The highest BCUT2D eigenvalue weighted by atomic mass is 16.7. The lowest BCUT2D eigenvalue weighted by Gasteiger charge is -2.15. The number of nitrogens with zero attached hydrogens (tertiary/aromatic N) is 1. The van der Waals surface area contributed by atoms with Crippen molar-refractivity contribution in [2.45, 2.75) is 12.4 Å². The van der Waals surface area contributed by atoms with Gasteiger partial charge in [0.15, 0.2) is 12.4 Å². The normalized spacial score (nSPS) is 13.5. The minimum Gasteiger partial charge on any atom is -0.381 e. The second kappa shape index (κ2) is 5.00. The Balaban J connectivity index is 3.78. The number of methoxy groups -OCH3 is 2. The molecule has 0 rings (SSSR count). The first kappa shape index (κ1) is 10.3. The van der Waals surface area contributed by atoms with Crippen LogP contribution in [0.15, 0.2) is 0 Å². The summed E-state index contributed by atoms with van der Waals surface area (Å²) in [6, 6.07) is 0. The van der Waals surface area contributed by atoms with Crippen LogP contribution in [0.4, 0.5) is 0 Å². The number of rotatable bonds is 5. The zero-order valence-corrected chi connectivity index (χ0v) is 6.39. The Morgan fingerprint density at radius 1 is 1.55 bits per heavy atom. The third kappa shape index (κ3) is 3.87. The molecular weight excluding hydrogens is 154 g/mol. The van der Waals surface area contributed by atoms with Crippen molar-refractivity contribution < 1.29 is 19.5 Å². The standard InChI is InChI=1S/C5H11NO5/c1-10-5(11-2)4(7)3-6(8)9/h4-5,7H,3H2,1-2H3. The maximum absolute atomic E-state index is 9.88. The lowest BCUT2D eigenvalue weighted by molar-refractivity contribution is -0.496.